The van der Waals surface area contributed by atoms with Gasteiger partial charge in [-0.25, -0.2) is 0 Å². The highest BCUT2D eigenvalue weighted by Gasteiger charge is 2.15. The Kier molecular flexibility index (Phi) is 2.61. The van der Waals surface area contributed by atoms with Crippen LogP contribution < -0.4 is 0 Å². The third-order valence-electron chi connectivity index (χ3n) is 3.81. The van der Waals surface area contributed by atoms with Crippen LogP contribution in [0.15, 0.2) is 72.8 Å². The summed E-state index contributed by atoms with van der Waals surface area (Å²) in [4.78, 5) is 16.2. The normalized spacial score (nSPS) is 11.0. The predicted molar refractivity (Wildman–Crippen MR) is 85.7 cm³/mol. The van der Waals surface area contributed by atoms with Gasteiger partial charge in [0.2, 0.25) is 0 Å². The van der Waals surface area contributed by atoms with Crippen LogP contribution in [0, 0.1) is 0 Å². The van der Waals surface area contributed by atoms with Crippen molar-refractivity contribution in [3.8, 4) is 0 Å². The smallest absolute Gasteiger partial charge is 0.193 e. The average Bonchev–Trinajstić information content (AvgIpc) is 2.93. The number of carbonyl (C=O) groups is 1. The summed E-state index contributed by atoms with van der Waals surface area (Å²) in [6, 6.07) is 23.3. The Bertz CT molecular complexity index is 951. The van der Waals surface area contributed by atoms with Crippen molar-refractivity contribution >= 4 is 27.6 Å². The lowest BCUT2D eigenvalue weighted by Crippen LogP contribution is -2.01. The van der Waals surface area contributed by atoms with Crippen molar-refractivity contribution in [3.05, 3.63) is 83.9 Å². The van der Waals surface area contributed by atoms with Crippen LogP contribution in [-0.2, 0) is 0 Å². The number of nitrogens with one attached hydrogen (secondary N) is 1. The molecule has 2 heteroatoms. The van der Waals surface area contributed by atoms with Gasteiger partial charge in [-0.1, -0.05) is 60.7 Å². The summed E-state index contributed by atoms with van der Waals surface area (Å²) in [6.07, 6.45) is 0. The van der Waals surface area contributed by atoms with E-state index in [1.165, 1.54) is 0 Å². The van der Waals surface area contributed by atoms with Gasteiger partial charge in [-0.2, -0.15) is 0 Å². The number of hydrogen-bond acceptors (Lipinski definition) is 1. The van der Waals surface area contributed by atoms with Gasteiger partial charge in [0.05, 0.1) is 0 Å². The molecule has 100 valence electrons. The van der Waals surface area contributed by atoms with Gasteiger partial charge < -0.3 is 4.98 Å². The Morgan fingerprint density at radius 3 is 2.29 bits per heavy atom. The van der Waals surface area contributed by atoms with Crippen molar-refractivity contribution in [1.82, 2.24) is 4.98 Å². The molecule has 0 bridgehead atoms. The Balaban J connectivity index is 2.03. The van der Waals surface area contributed by atoms with Gasteiger partial charge in [-0.05, 0) is 12.1 Å². The van der Waals surface area contributed by atoms with Crippen LogP contribution in [0.2, 0.25) is 0 Å². The SMILES string of the molecule is O=C(c1ccccc1)c1cccc2[nH]c3ccccc3c12. The first kappa shape index (κ1) is 11.9. The fourth-order valence-electron chi connectivity index (χ4n) is 2.84. The molecular formula is C19H13NO. The van der Waals surface area contributed by atoms with E-state index in [9.17, 15) is 4.79 Å². The van der Waals surface area contributed by atoms with Crippen molar-refractivity contribution in [3.63, 3.8) is 0 Å². The van der Waals surface area contributed by atoms with Crippen molar-refractivity contribution in [2.45, 2.75) is 0 Å². The maximum Gasteiger partial charge on any atom is 0.193 e. The zero-order valence-electron chi connectivity index (χ0n) is 11.3. The summed E-state index contributed by atoms with van der Waals surface area (Å²) < 4.78 is 0. The Labute approximate surface area is 122 Å². The molecule has 0 spiro atoms. The Morgan fingerprint density at radius 1 is 0.714 bits per heavy atom. The number of ketones is 1. The van der Waals surface area contributed by atoms with Gasteiger partial charge in [0, 0.05) is 32.9 Å². The molecular weight excluding hydrogens is 258 g/mol. The lowest BCUT2D eigenvalue weighted by molar-refractivity contribution is 0.104. The van der Waals surface area contributed by atoms with Crippen LogP contribution in [-0.4, -0.2) is 10.8 Å². The monoisotopic (exact) mass is 271 g/mol. The summed E-state index contributed by atoms with van der Waals surface area (Å²) in [7, 11) is 0. The predicted octanol–water partition coefficient (Wildman–Crippen LogP) is 4.55. The van der Waals surface area contributed by atoms with E-state index in [0.717, 1.165) is 32.9 Å². The first-order valence-electron chi connectivity index (χ1n) is 6.94. The molecule has 0 fully saturated rings. The molecule has 2 nitrogen and oxygen atoms in total. The molecule has 0 atom stereocenters. The van der Waals surface area contributed by atoms with E-state index in [1.807, 2.05) is 66.7 Å². The Hall–Kier alpha value is -2.87. The number of H-pyrrole nitrogens is 1. The van der Waals surface area contributed by atoms with Gasteiger partial charge in [0.15, 0.2) is 5.78 Å². The molecule has 0 unspecified atom stereocenters. The molecule has 4 aromatic rings. The first-order valence-corrected chi connectivity index (χ1v) is 6.94. The lowest BCUT2D eigenvalue weighted by Gasteiger charge is -2.03. The fourth-order valence-corrected chi connectivity index (χ4v) is 2.84. The van der Waals surface area contributed by atoms with Gasteiger partial charge in [-0.15, -0.1) is 0 Å². The van der Waals surface area contributed by atoms with Crippen molar-refractivity contribution in [1.29, 1.82) is 0 Å². The quantitative estimate of drug-likeness (QED) is 0.533. The zero-order chi connectivity index (χ0) is 14.2. The summed E-state index contributed by atoms with van der Waals surface area (Å²) in [5.74, 6) is 0.0611. The van der Waals surface area contributed by atoms with E-state index in [1.54, 1.807) is 0 Å². The maximum absolute atomic E-state index is 12.8. The van der Waals surface area contributed by atoms with Crippen molar-refractivity contribution in [2.75, 3.05) is 0 Å². The molecule has 0 aliphatic heterocycles. The summed E-state index contributed by atoms with van der Waals surface area (Å²) in [5.41, 5.74) is 3.52. The molecule has 0 saturated carbocycles. The molecule has 1 N–H and O–H groups in total. The van der Waals surface area contributed by atoms with Crippen LogP contribution in [0.1, 0.15) is 15.9 Å². The van der Waals surface area contributed by atoms with Gasteiger partial charge in [-0.3, -0.25) is 4.79 Å². The van der Waals surface area contributed by atoms with Gasteiger partial charge in [0.1, 0.15) is 0 Å². The summed E-state index contributed by atoms with van der Waals surface area (Å²) in [5, 5.41) is 2.09. The number of aromatic nitrogens is 1. The fraction of sp³-hybridized carbons (Fsp3) is 0. The van der Waals surface area contributed by atoms with E-state index in [-0.39, 0.29) is 5.78 Å². The van der Waals surface area contributed by atoms with E-state index >= 15 is 0 Å². The van der Waals surface area contributed by atoms with Crippen LogP contribution in [0.5, 0.6) is 0 Å². The molecule has 1 heterocycles. The molecule has 0 aliphatic rings. The van der Waals surface area contributed by atoms with E-state index < -0.39 is 0 Å². The number of aromatic amines is 1. The largest absolute Gasteiger partial charge is 0.354 e. The van der Waals surface area contributed by atoms with E-state index in [4.69, 9.17) is 0 Å². The summed E-state index contributed by atoms with van der Waals surface area (Å²) >= 11 is 0. The van der Waals surface area contributed by atoms with Gasteiger partial charge >= 0.3 is 0 Å². The molecule has 0 amide bonds. The molecule has 3 aromatic carbocycles. The number of fused-ring (bicyclic) bond motifs is 3. The van der Waals surface area contributed by atoms with Crippen LogP contribution in [0.4, 0.5) is 0 Å². The molecule has 0 saturated heterocycles. The molecule has 21 heavy (non-hydrogen) atoms. The molecule has 0 aliphatic carbocycles. The third-order valence-corrected chi connectivity index (χ3v) is 3.81. The number of carbonyl (C=O) groups excluding carboxylic acids is 1. The van der Waals surface area contributed by atoms with Crippen LogP contribution in [0.25, 0.3) is 21.8 Å². The van der Waals surface area contributed by atoms with Crippen LogP contribution >= 0.6 is 0 Å². The second kappa shape index (κ2) is 4.60. The van der Waals surface area contributed by atoms with Gasteiger partial charge in [0.25, 0.3) is 0 Å². The number of rotatable bonds is 2. The topological polar surface area (TPSA) is 32.9 Å². The third kappa shape index (κ3) is 1.84. The minimum absolute atomic E-state index is 0.0611. The number of hydrogen-bond donors (Lipinski definition) is 1. The minimum atomic E-state index is 0.0611. The average molecular weight is 271 g/mol. The highest BCUT2D eigenvalue weighted by molar-refractivity contribution is 6.22. The highest BCUT2D eigenvalue weighted by Crippen LogP contribution is 2.29. The van der Waals surface area contributed by atoms with E-state index in [0.29, 0.717) is 0 Å². The van der Waals surface area contributed by atoms with Crippen molar-refractivity contribution in [2.24, 2.45) is 0 Å². The molecule has 1 aromatic heterocycles. The van der Waals surface area contributed by atoms with E-state index in [2.05, 4.69) is 11.1 Å². The molecule has 4 rings (SSSR count). The highest BCUT2D eigenvalue weighted by atomic mass is 16.1. The number of para-hydroxylation sites is 1. The van der Waals surface area contributed by atoms with Crippen LogP contribution in [0.3, 0.4) is 0 Å². The molecule has 0 radical (unpaired) electrons. The number of benzene rings is 3. The summed E-state index contributed by atoms with van der Waals surface area (Å²) in [6.45, 7) is 0. The first-order chi connectivity index (χ1) is 10.3. The zero-order valence-corrected chi connectivity index (χ0v) is 11.3. The Morgan fingerprint density at radius 2 is 1.43 bits per heavy atom. The second-order valence-electron chi connectivity index (χ2n) is 5.09. The second-order valence-corrected chi connectivity index (χ2v) is 5.09. The lowest BCUT2D eigenvalue weighted by atomic mass is 9.98. The maximum atomic E-state index is 12.8. The minimum Gasteiger partial charge on any atom is -0.354 e. The standard InChI is InChI=1S/C19H13NO/c21-19(13-7-2-1-3-8-13)15-10-6-12-17-18(15)14-9-4-5-11-16(14)20-17/h1-12,20H. The van der Waals surface area contributed by atoms with Crippen molar-refractivity contribution < 1.29 is 4.79 Å².